The second kappa shape index (κ2) is 12.5. The number of hydrogen-bond acceptors (Lipinski definition) is 8. The zero-order valence-corrected chi connectivity index (χ0v) is 11.0. The minimum absolute atomic E-state index is 0. The van der Waals surface area contributed by atoms with Crippen LogP contribution in [-0.2, 0) is 16.8 Å². The van der Waals surface area contributed by atoms with Gasteiger partial charge in [-0.05, 0) is 27.7 Å². The summed E-state index contributed by atoms with van der Waals surface area (Å²) < 4.78 is 0. The van der Waals surface area contributed by atoms with Gasteiger partial charge in [0.15, 0.2) is 0 Å². The average Bonchev–Trinajstić information content (AvgIpc) is 2.35. The van der Waals surface area contributed by atoms with E-state index in [1.54, 1.807) is 0 Å². The normalized spacial score (nSPS) is 13.4. The monoisotopic (exact) mass is 291 g/mol. The maximum Gasteiger partial charge on any atom is 0.101 e. The molecule has 0 aliphatic heterocycles. The molecule has 0 saturated carbocycles. The van der Waals surface area contributed by atoms with Crippen molar-refractivity contribution in [2.75, 3.05) is 0 Å². The number of oxime groups is 4. The van der Waals surface area contributed by atoms with Crippen molar-refractivity contribution in [3.63, 3.8) is 0 Å². The second-order valence-corrected chi connectivity index (χ2v) is 2.74. The van der Waals surface area contributed by atoms with Crippen LogP contribution >= 0.6 is 0 Å². The Morgan fingerprint density at radius 3 is 0.706 bits per heavy atom. The quantitative estimate of drug-likeness (QED) is 0.347. The van der Waals surface area contributed by atoms with E-state index in [2.05, 4.69) is 20.6 Å². The molecule has 4 N–H and O–H groups in total. The summed E-state index contributed by atoms with van der Waals surface area (Å²) in [7, 11) is 0. The maximum atomic E-state index is 8.03. The Morgan fingerprint density at radius 1 is 0.529 bits per heavy atom. The first-order valence-corrected chi connectivity index (χ1v) is 4.19. The van der Waals surface area contributed by atoms with Gasteiger partial charge in [-0.3, -0.25) is 0 Å². The summed E-state index contributed by atoms with van der Waals surface area (Å²) in [4.78, 5) is 0. The Labute approximate surface area is 109 Å². The largest absolute Gasteiger partial charge is 0.411 e. The Hall–Kier alpha value is -1.61. The summed E-state index contributed by atoms with van der Waals surface area (Å²) in [5, 5.41) is 43.3. The van der Waals surface area contributed by atoms with Gasteiger partial charge in [0, 0.05) is 16.8 Å². The summed E-state index contributed by atoms with van der Waals surface area (Å²) in [5.74, 6) is 0. The van der Waals surface area contributed by atoms with E-state index >= 15 is 0 Å². The van der Waals surface area contributed by atoms with Gasteiger partial charge in [0.05, 0.1) is 0 Å². The number of rotatable bonds is 2. The van der Waals surface area contributed by atoms with Gasteiger partial charge in [0.2, 0.25) is 0 Å². The third kappa shape index (κ3) is 10.7. The van der Waals surface area contributed by atoms with Gasteiger partial charge in [0.1, 0.15) is 22.8 Å². The SMILES string of the molecule is CC(=N/O)/C(C)=N/O.CC(=N/O)/C(C)=N/O.[Co]. The molecule has 0 spiro atoms. The van der Waals surface area contributed by atoms with Crippen molar-refractivity contribution in [3.05, 3.63) is 0 Å². The molecule has 0 aromatic carbocycles. The van der Waals surface area contributed by atoms with Crippen LogP contribution in [0.1, 0.15) is 27.7 Å². The van der Waals surface area contributed by atoms with E-state index in [9.17, 15) is 0 Å². The molecule has 9 heteroatoms. The van der Waals surface area contributed by atoms with Crippen molar-refractivity contribution in [2.45, 2.75) is 27.7 Å². The first kappa shape index (κ1) is 20.8. The Bertz CT molecular complexity index is 261. The summed E-state index contributed by atoms with van der Waals surface area (Å²) in [5.41, 5.74) is 1.25. The van der Waals surface area contributed by atoms with Crippen LogP contribution in [0, 0.1) is 0 Å². The van der Waals surface area contributed by atoms with Crippen LogP contribution in [0.5, 0.6) is 0 Å². The fraction of sp³-hybridized carbons (Fsp3) is 0.500. The minimum atomic E-state index is 0. The van der Waals surface area contributed by atoms with Crippen molar-refractivity contribution in [1.82, 2.24) is 0 Å². The van der Waals surface area contributed by atoms with Crippen LogP contribution in [0.15, 0.2) is 20.6 Å². The molecule has 0 rings (SSSR count). The summed E-state index contributed by atoms with van der Waals surface area (Å²) >= 11 is 0. The van der Waals surface area contributed by atoms with E-state index in [1.165, 1.54) is 27.7 Å². The minimum Gasteiger partial charge on any atom is -0.411 e. The number of hydrogen-bond donors (Lipinski definition) is 4. The molecule has 0 unspecified atom stereocenters. The molecule has 0 amide bonds. The zero-order chi connectivity index (χ0) is 13.1. The third-order valence-electron chi connectivity index (χ3n) is 1.65. The van der Waals surface area contributed by atoms with Crippen molar-refractivity contribution < 1.29 is 37.6 Å². The fourth-order valence-corrected chi connectivity index (χ4v) is 0.289. The molecule has 0 saturated heterocycles. The zero-order valence-electron chi connectivity index (χ0n) is 9.91. The van der Waals surface area contributed by atoms with E-state index in [0.717, 1.165) is 0 Å². The molecule has 0 bridgehead atoms. The van der Waals surface area contributed by atoms with E-state index in [4.69, 9.17) is 20.8 Å². The van der Waals surface area contributed by atoms with Crippen LogP contribution in [0.2, 0.25) is 0 Å². The molecule has 0 heterocycles. The summed E-state index contributed by atoms with van der Waals surface area (Å²) in [6.45, 7) is 6.15. The van der Waals surface area contributed by atoms with Crippen molar-refractivity contribution >= 4 is 22.8 Å². The van der Waals surface area contributed by atoms with E-state index in [-0.39, 0.29) is 16.8 Å². The Morgan fingerprint density at radius 2 is 0.647 bits per heavy atom. The van der Waals surface area contributed by atoms with Crippen LogP contribution in [-0.4, -0.2) is 43.7 Å². The van der Waals surface area contributed by atoms with Gasteiger partial charge < -0.3 is 20.8 Å². The van der Waals surface area contributed by atoms with Gasteiger partial charge in [0.25, 0.3) is 0 Å². The van der Waals surface area contributed by atoms with Crippen molar-refractivity contribution in [2.24, 2.45) is 20.6 Å². The molecule has 101 valence electrons. The molecule has 0 atom stereocenters. The molecule has 0 aliphatic carbocycles. The van der Waals surface area contributed by atoms with Gasteiger partial charge in [-0.15, -0.1) is 0 Å². The predicted molar refractivity (Wildman–Crippen MR) is 59.6 cm³/mol. The molecule has 17 heavy (non-hydrogen) atoms. The van der Waals surface area contributed by atoms with Crippen LogP contribution in [0.25, 0.3) is 0 Å². The average molecular weight is 291 g/mol. The van der Waals surface area contributed by atoms with Crippen molar-refractivity contribution in [1.29, 1.82) is 0 Å². The maximum absolute atomic E-state index is 8.03. The van der Waals surface area contributed by atoms with Gasteiger partial charge in [-0.25, -0.2) is 0 Å². The van der Waals surface area contributed by atoms with Gasteiger partial charge in [-0.2, -0.15) is 0 Å². The molecule has 0 aromatic heterocycles. The number of nitrogens with zero attached hydrogens (tertiary/aromatic N) is 4. The van der Waals surface area contributed by atoms with Crippen LogP contribution < -0.4 is 0 Å². The van der Waals surface area contributed by atoms with Crippen molar-refractivity contribution in [3.8, 4) is 0 Å². The Balaban J connectivity index is -0.000000218. The first-order valence-electron chi connectivity index (χ1n) is 4.19. The fourth-order valence-electron chi connectivity index (χ4n) is 0.289. The second-order valence-electron chi connectivity index (χ2n) is 2.74. The molecule has 1 radical (unpaired) electrons. The topological polar surface area (TPSA) is 130 Å². The molecular weight excluding hydrogens is 275 g/mol. The van der Waals surface area contributed by atoms with Gasteiger partial charge in [-0.1, -0.05) is 20.6 Å². The van der Waals surface area contributed by atoms with E-state index in [0.29, 0.717) is 22.8 Å². The Kier molecular flexibility index (Phi) is 15.2. The van der Waals surface area contributed by atoms with Gasteiger partial charge >= 0.3 is 0 Å². The third-order valence-corrected chi connectivity index (χ3v) is 1.65. The molecule has 0 fully saturated rings. The van der Waals surface area contributed by atoms with E-state index in [1.807, 2.05) is 0 Å². The molecule has 0 aliphatic rings. The molecule has 8 nitrogen and oxygen atoms in total. The van der Waals surface area contributed by atoms with E-state index < -0.39 is 0 Å². The molecule has 0 aromatic rings. The van der Waals surface area contributed by atoms with Crippen LogP contribution in [0.3, 0.4) is 0 Å². The standard InChI is InChI=1S/2C4H8N2O2.Co/c2*1-3(5-7)4(2)6-8;/h2*7-8H,1-2H3;/b2*5-3-,6-4+;. The summed E-state index contributed by atoms with van der Waals surface area (Å²) in [6.07, 6.45) is 0. The van der Waals surface area contributed by atoms with Crippen LogP contribution in [0.4, 0.5) is 0 Å². The predicted octanol–water partition coefficient (Wildman–Crippen LogP) is 1.37. The molecular formula is C8H16CoN4O4. The summed E-state index contributed by atoms with van der Waals surface area (Å²) in [6, 6.07) is 0. The first-order chi connectivity index (χ1) is 7.44. The smallest absolute Gasteiger partial charge is 0.101 e.